The summed E-state index contributed by atoms with van der Waals surface area (Å²) in [6, 6.07) is 8.33. The average Bonchev–Trinajstić information content (AvgIpc) is 3.33. The van der Waals surface area contributed by atoms with E-state index < -0.39 is 0 Å². The largest absolute Gasteiger partial charge is 0.497 e. The number of hydrogen-bond acceptors (Lipinski definition) is 5. The van der Waals surface area contributed by atoms with E-state index in [0.717, 1.165) is 43.2 Å². The maximum Gasteiger partial charge on any atom is 0.254 e. The molecular formula is C20H22N6O. The summed E-state index contributed by atoms with van der Waals surface area (Å²) in [5, 5.41) is 5.62. The molecule has 5 rings (SSSR count). The van der Waals surface area contributed by atoms with E-state index >= 15 is 0 Å². The molecule has 0 spiro atoms. The normalized spacial score (nSPS) is 15.7. The SMILES string of the molecule is COc1ccc2[nH]cc(C3CCN(c4cc(C)nc5ncnn45)CC3)c2c1. The Balaban J connectivity index is 1.41. The predicted molar refractivity (Wildman–Crippen MR) is 105 cm³/mol. The molecule has 0 saturated carbocycles. The van der Waals surface area contributed by atoms with Gasteiger partial charge in [0, 0.05) is 41.9 Å². The first-order chi connectivity index (χ1) is 13.2. The number of nitrogens with zero attached hydrogens (tertiary/aromatic N) is 5. The van der Waals surface area contributed by atoms with Gasteiger partial charge in [0.25, 0.3) is 5.78 Å². The Hall–Kier alpha value is -3.09. The van der Waals surface area contributed by atoms with Gasteiger partial charge in [-0.3, -0.25) is 0 Å². The molecule has 1 N–H and O–H groups in total. The molecule has 7 nitrogen and oxygen atoms in total. The van der Waals surface area contributed by atoms with Crippen molar-refractivity contribution in [3.63, 3.8) is 0 Å². The van der Waals surface area contributed by atoms with Gasteiger partial charge in [-0.05, 0) is 49.4 Å². The van der Waals surface area contributed by atoms with E-state index in [2.05, 4.69) is 49.3 Å². The van der Waals surface area contributed by atoms with Crippen LogP contribution in [0.3, 0.4) is 0 Å². The summed E-state index contributed by atoms with van der Waals surface area (Å²) in [5.41, 5.74) is 3.53. The first-order valence-corrected chi connectivity index (χ1v) is 9.30. The van der Waals surface area contributed by atoms with Crippen molar-refractivity contribution in [2.24, 2.45) is 0 Å². The Morgan fingerprint density at radius 2 is 2.04 bits per heavy atom. The molecule has 3 aromatic heterocycles. The van der Waals surface area contributed by atoms with Crippen molar-refractivity contribution in [2.45, 2.75) is 25.7 Å². The third kappa shape index (κ3) is 2.70. The lowest BCUT2D eigenvalue weighted by Crippen LogP contribution is -2.34. The minimum absolute atomic E-state index is 0.538. The summed E-state index contributed by atoms with van der Waals surface area (Å²) in [4.78, 5) is 14.5. The van der Waals surface area contributed by atoms with E-state index in [9.17, 15) is 0 Å². The Bertz CT molecular complexity index is 1110. The van der Waals surface area contributed by atoms with Crippen LogP contribution in [-0.2, 0) is 0 Å². The molecule has 27 heavy (non-hydrogen) atoms. The predicted octanol–water partition coefficient (Wildman–Crippen LogP) is 3.31. The first-order valence-electron chi connectivity index (χ1n) is 9.30. The number of aromatic amines is 1. The minimum Gasteiger partial charge on any atom is -0.497 e. The van der Waals surface area contributed by atoms with Crippen molar-refractivity contribution in [3.05, 3.63) is 48.0 Å². The van der Waals surface area contributed by atoms with Crippen LogP contribution < -0.4 is 9.64 Å². The number of aromatic nitrogens is 5. The van der Waals surface area contributed by atoms with Crippen molar-refractivity contribution < 1.29 is 4.74 Å². The quantitative estimate of drug-likeness (QED) is 0.605. The summed E-state index contributed by atoms with van der Waals surface area (Å²) >= 11 is 0. The summed E-state index contributed by atoms with van der Waals surface area (Å²) < 4.78 is 7.25. The molecule has 1 aliphatic heterocycles. The molecule has 0 atom stereocenters. The number of fused-ring (bicyclic) bond motifs is 2. The maximum atomic E-state index is 5.41. The molecule has 1 fully saturated rings. The number of nitrogens with one attached hydrogen (secondary N) is 1. The Kier molecular flexibility index (Phi) is 3.74. The number of aryl methyl sites for hydroxylation is 1. The molecule has 7 heteroatoms. The molecule has 0 amide bonds. The van der Waals surface area contributed by atoms with Crippen molar-refractivity contribution >= 4 is 22.5 Å². The highest BCUT2D eigenvalue weighted by Crippen LogP contribution is 2.35. The van der Waals surface area contributed by atoms with Crippen LogP contribution in [0.15, 0.2) is 36.8 Å². The molecule has 1 aliphatic rings. The van der Waals surface area contributed by atoms with Gasteiger partial charge in [0.05, 0.1) is 7.11 Å². The summed E-state index contributed by atoms with van der Waals surface area (Å²) in [6.07, 6.45) is 5.93. The lowest BCUT2D eigenvalue weighted by Gasteiger charge is -2.33. The van der Waals surface area contributed by atoms with Crippen LogP contribution in [0.4, 0.5) is 5.82 Å². The van der Waals surface area contributed by atoms with Crippen LogP contribution in [0.25, 0.3) is 16.7 Å². The van der Waals surface area contributed by atoms with Crippen molar-refractivity contribution in [1.82, 2.24) is 24.6 Å². The number of ether oxygens (including phenoxy) is 1. The highest BCUT2D eigenvalue weighted by molar-refractivity contribution is 5.85. The number of hydrogen-bond donors (Lipinski definition) is 1. The van der Waals surface area contributed by atoms with Gasteiger partial charge in [0.2, 0.25) is 0 Å². The van der Waals surface area contributed by atoms with Crippen LogP contribution in [0, 0.1) is 6.92 Å². The van der Waals surface area contributed by atoms with Crippen LogP contribution >= 0.6 is 0 Å². The second kappa shape index (κ2) is 6.26. The van der Waals surface area contributed by atoms with Gasteiger partial charge in [0.15, 0.2) is 0 Å². The molecule has 0 bridgehead atoms. The van der Waals surface area contributed by atoms with Crippen molar-refractivity contribution in [2.75, 3.05) is 25.1 Å². The third-order valence-electron chi connectivity index (χ3n) is 5.54. The maximum absolute atomic E-state index is 5.41. The van der Waals surface area contributed by atoms with E-state index in [-0.39, 0.29) is 0 Å². The Morgan fingerprint density at radius 3 is 2.85 bits per heavy atom. The summed E-state index contributed by atoms with van der Waals surface area (Å²) in [7, 11) is 1.72. The van der Waals surface area contributed by atoms with Gasteiger partial charge >= 0.3 is 0 Å². The number of piperidine rings is 1. The zero-order valence-corrected chi connectivity index (χ0v) is 15.5. The van der Waals surface area contributed by atoms with Gasteiger partial charge in [-0.1, -0.05) is 0 Å². The number of anilines is 1. The number of methoxy groups -OCH3 is 1. The highest BCUT2D eigenvalue weighted by atomic mass is 16.5. The second-order valence-electron chi connectivity index (χ2n) is 7.14. The topological polar surface area (TPSA) is 71.3 Å². The lowest BCUT2D eigenvalue weighted by molar-refractivity contribution is 0.415. The molecule has 1 saturated heterocycles. The number of H-pyrrole nitrogens is 1. The van der Waals surface area contributed by atoms with E-state index in [4.69, 9.17) is 4.74 Å². The lowest BCUT2D eigenvalue weighted by atomic mass is 9.89. The fourth-order valence-electron chi connectivity index (χ4n) is 4.14. The van der Waals surface area contributed by atoms with Crippen LogP contribution in [0.5, 0.6) is 5.75 Å². The smallest absolute Gasteiger partial charge is 0.254 e. The average molecular weight is 362 g/mol. The minimum atomic E-state index is 0.538. The molecule has 0 radical (unpaired) electrons. The van der Waals surface area contributed by atoms with Crippen molar-refractivity contribution in [1.29, 1.82) is 0 Å². The molecule has 0 unspecified atom stereocenters. The molecule has 138 valence electrons. The van der Waals surface area contributed by atoms with Gasteiger partial charge in [0.1, 0.15) is 17.9 Å². The third-order valence-corrected chi connectivity index (χ3v) is 5.54. The van der Waals surface area contributed by atoms with Gasteiger partial charge in [-0.25, -0.2) is 4.98 Å². The van der Waals surface area contributed by atoms with E-state index in [1.165, 1.54) is 16.5 Å². The van der Waals surface area contributed by atoms with Gasteiger partial charge < -0.3 is 14.6 Å². The summed E-state index contributed by atoms with van der Waals surface area (Å²) in [5.74, 6) is 3.18. The zero-order chi connectivity index (χ0) is 18.4. The molecule has 4 aromatic rings. The Morgan fingerprint density at radius 1 is 1.19 bits per heavy atom. The van der Waals surface area contributed by atoms with Crippen molar-refractivity contribution in [3.8, 4) is 5.75 Å². The Labute approximate surface area is 157 Å². The molecule has 4 heterocycles. The number of rotatable bonds is 3. The monoisotopic (exact) mass is 362 g/mol. The first kappa shape index (κ1) is 16.1. The fourth-order valence-corrected chi connectivity index (χ4v) is 4.14. The molecular weight excluding hydrogens is 340 g/mol. The van der Waals surface area contributed by atoms with Gasteiger partial charge in [-0.2, -0.15) is 14.6 Å². The highest BCUT2D eigenvalue weighted by Gasteiger charge is 2.25. The van der Waals surface area contributed by atoms with Crippen LogP contribution in [0.2, 0.25) is 0 Å². The standard InChI is InChI=1S/C20H22N6O/c1-13-9-19(26-20(24-13)22-12-23-26)25-7-5-14(6-8-25)17-11-21-18-4-3-15(27-2)10-16(17)18/h3-4,9-12,14,21H,5-8H2,1-2H3. The zero-order valence-electron chi connectivity index (χ0n) is 15.5. The van der Waals surface area contributed by atoms with E-state index in [1.54, 1.807) is 13.4 Å². The second-order valence-corrected chi connectivity index (χ2v) is 7.14. The van der Waals surface area contributed by atoms with Crippen LogP contribution in [0.1, 0.15) is 30.0 Å². The fraction of sp³-hybridized carbons (Fsp3) is 0.350. The number of benzene rings is 1. The van der Waals surface area contributed by atoms with Gasteiger partial charge in [-0.15, -0.1) is 0 Å². The van der Waals surface area contributed by atoms with Crippen LogP contribution in [-0.4, -0.2) is 44.8 Å². The molecule has 1 aromatic carbocycles. The van der Waals surface area contributed by atoms with E-state index in [1.807, 2.05) is 17.5 Å². The summed E-state index contributed by atoms with van der Waals surface area (Å²) in [6.45, 7) is 3.98. The molecule has 0 aliphatic carbocycles. The van der Waals surface area contributed by atoms with E-state index in [0.29, 0.717) is 11.7 Å².